The first kappa shape index (κ1) is 13.8. The normalized spacial score (nSPS) is 15.3. The fourth-order valence-corrected chi connectivity index (χ4v) is 1.44. The van der Waals surface area contributed by atoms with Crippen LogP contribution in [0.4, 0.5) is 0 Å². The van der Waals surface area contributed by atoms with Crippen LogP contribution in [0.1, 0.15) is 40.5 Å². The van der Waals surface area contributed by atoms with Gasteiger partial charge in [0.25, 0.3) is 0 Å². The molecule has 0 aromatic carbocycles. The smallest absolute Gasteiger partial charge is 0.223 e. The van der Waals surface area contributed by atoms with E-state index in [1.54, 1.807) is 0 Å². The Balaban J connectivity index is 4.08. The molecule has 0 aromatic heterocycles. The second kappa shape index (κ2) is 7.10. The Morgan fingerprint density at radius 1 is 1.36 bits per heavy atom. The maximum absolute atomic E-state index is 11.6. The molecule has 2 atom stereocenters. The van der Waals surface area contributed by atoms with Crippen molar-refractivity contribution in [3.05, 3.63) is 0 Å². The standard InChI is InChI=1S/C11H22ClNO/c1-5-9(4)11(14)13-10(6-7-12)8(2)3/h8-10H,5-7H2,1-4H3,(H,13,14). The lowest BCUT2D eigenvalue weighted by molar-refractivity contribution is -0.125. The molecule has 84 valence electrons. The second-order valence-corrected chi connectivity index (χ2v) is 4.52. The number of alkyl halides is 1. The van der Waals surface area contributed by atoms with Crippen LogP contribution in [0.3, 0.4) is 0 Å². The molecule has 1 N–H and O–H groups in total. The average Bonchev–Trinajstić information content (AvgIpc) is 2.15. The lowest BCUT2D eigenvalue weighted by atomic mass is 10.00. The van der Waals surface area contributed by atoms with Gasteiger partial charge < -0.3 is 5.32 Å². The van der Waals surface area contributed by atoms with Crippen molar-refractivity contribution >= 4 is 17.5 Å². The summed E-state index contributed by atoms with van der Waals surface area (Å²) in [5.41, 5.74) is 0. The van der Waals surface area contributed by atoms with E-state index in [4.69, 9.17) is 11.6 Å². The summed E-state index contributed by atoms with van der Waals surface area (Å²) < 4.78 is 0. The average molecular weight is 220 g/mol. The van der Waals surface area contributed by atoms with Crippen LogP contribution in [0.15, 0.2) is 0 Å². The van der Waals surface area contributed by atoms with E-state index >= 15 is 0 Å². The Hall–Kier alpha value is -0.240. The van der Waals surface area contributed by atoms with E-state index < -0.39 is 0 Å². The van der Waals surface area contributed by atoms with Gasteiger partial charge in [0.15, 0.2) is 0 Å². The van der Waals surface area contributed by atoms with Crippen LogP contribution in [0.25, 0.3) is 0 Å². The largest absolute Gasteiger partial charge is 0.353 e. The van der Waals surface area contributed by atoms with Gasteiger partial charge in [-0.2, -0.15) is 0 Å². The summed E-state index contributed by atoms with van der Waals surface area (Å²) in [5, 5.41) is 3.04. The summed E-state index contributed by atoms with van der Waals surface area (Å²) in [6.07, 6.45) is 1.74. The monoisotopic (exact) mass is 219 g/mol. The summed E-state index contributed by atoms with van der Waals surface area (Å²) in [6.45, 7) is 8.19. The van der Waals surface area contributed by atoms with Crippen LogP contribution in [-0.2, 0) is 4.79 Å². The SMILES string of the molecule is CCC(C)C(=O)NC(CCCl)C(C)C. The van der Waals surface area contributed by atoms with Gasteiger partial charge in [-0.3, -0.25) is 4.79 Å². The molecule has 14 heavy (non-hydrogen) atoms. The first-order valence-corrected chi connectivity index (χ1v) is 5.92. The first-order chi connectivity index (χ1) is 6.52. The van der Waals surface area contributed by atoms with Crippen molar-refractivity contribution < 1.29 is 4.79 Å². The molecule has 0 fully saturated rings. The fourth-order valence-electron chi connectivity index (χ4n) is 1.20. The highest BCUT2D eigenvalue weighted by atomic mass is 35.5. The van der Waals surface area contributed by atoms with E-state index in [1.807, 2.05) is 13.8 Å². The van der Waals surface area contributed by atoms with Gasteiger partial charge in [0.05, 0.1) is 0 Å². The molecule has 0 spiro atoms. The predicted octanol–water partition coefficient (Wildman–Crippen LogP) is 2.80. The van der Waals surface area contributed by atoms with Crippen molar-refractivity contribution in [1.29, 1.82) is 0 Å². The van der Waals surface area contributed by atoms with E-state index in [0.29, 0.717) is 11.8 Å². The van der Waals surface area contributed by atoms with Crippen molar-refractivity contribution in [2.24, 2.45) is 11.8 Å². The summed E-state index contributed by atoms with van der Waals surface area (Å²) in [7, 11) is 0. The quantitative estimate of drug-likeness (QED) is 0.684. The highest BCUT2D eigenvalue weighted by Crippen LogP contribution is 2.09. The second-order valence-electron chi connectivity index (χ2n) is 4.15. The van der Waals surface area contributed by atoms with Crippen LogP contribution in [0.5, 0.6) is 0 Å². The van der Waals surface area contributed by atoms with Crippen LogP contribution >= 0.6 is 11.6 Å². The lowest BCUT2D eigenvalue weighted by Crippen LogP contribution is -2.41. The van der Waals surface area contributed by atoms with Gasteiger partial charge in [0, 0.05) is 17.8 Å². The molecule has 3 heteroatoms. The Kier molecular flexibility index (Phi) is 6.98. The summed E-state index contributed by atoms with van der Waals surface area (Å²) in [5.74, 6) is 1.30. The fraction of sp³-hybridized carbons (Fsp3) is 0.909. The van der Waals surface area contributed by atoms with E-state index in [-0.39, 0.29) is 17.9 Å². The minimum absolute atomic E-state index is 0.103. The summed E-state index contributed by atoms with van der Waals surface area (Å²) >= 11 is 5.69. The van der Waals surface area contributed by atoms with Crippen LogP contribution < -0.4 is 5.32 Å². The van der Waals surface area contributed by atoms with Crippen LogP contribution in [0, 0.1) is 11.8 Å². The molecule has 0 aliphatic heterocycles. The van der Waals surface area contributed by atoms with Crippen molar-refractivity contribution in [3.8, 4) is 0 Å². The Morgan fingerprint density at radius 3 is 2.29 bits per heavy atom. The molecule has 0 rings (SSSR count). The minimum atomic E-state index is 0.103. The highest BCUT2D eigenvalue weighted by molar-refractivity contribution is 6.17. The van der Waals surface area contributed by atoms with Crippen molar-refractivity contribution in [3.63, 3.8) is 0 Å². The number of nitrogens with one attached hydrogen (secondary N) is 1. The molecule has 2 unspecified atom stereocenters. The highest BCUT2D eigenvalue weighted by Gasteiger charge is 2.18. The third kappa shape index (κ3) is 4.85. The third-order valence-electron chi connectivity index (χ3n) is 2.61. The molecule has 0 bridgehead atoms. The van der Waals surface area contributed by atoms with Gasteiger partial charge in [0.2, 0.25) is 5.91 Å². The van der Waals surface area contributed by atoms with Gasteiger partial charge >= 0.3 is 0 Å². The Labute approximate surface area is 92.4 Å². The topological polar surface area (TPSA) is 29.1 Å². The van der Waals surface area contributed by atoms with Gasteiger partial charge in [-0.25, -0.2) is 0 Å². The molecule has 0 saturated heterocycles. The zero-order valence-electron chi connectivity index (χ0n) is 9.64. The Morgan fingerprint density at radius 2 is 1.93 bits per heavy atom. The molecule has 1 amide bonds. The van der Waals surface area contributed by atoms with E-state index in [0.717, 1.165) is 12.8 Å². The van der Waals surface area contributed by atoms with E-state index in [9.17, 15) is 4.79 Å². The van der Waals surface area contributed by atoms with Crippen molar-refractivity contribution in [2.75, 3.05) is 5.88 Å². The summed E-state index contributed by atoms with van der Waals surface area (Å²) in [4.78, 5) is 11.6. The number of rotatable bonds is 6. The number of carbonyl (C=O) groups is 1. The molecule has 0 aliphatic rings. The summed E-state index contributed by atoms with van der Waals surface area (Å²) in [6, 6.07) is 0.217. The predicted molar refractivity (Wildman–Crippen MR) is 61.6 cm³/mol. The molecule has 2 nitrogen and oxygen atoms in total. The zero-order valence-corrected chi connectivity index (χ0v) is 10.4. The third-order valence-corrected chi connectivity index (χ3v) is 2.83. The minimum Gasteiger partial charge on any atom is -0.353 e. The first-order valence-electron chi connectivity index (χ1n) is 5.39. The zero-order chi connectivity index (χ0) is 11.1. The van der Waals surface area contributed by atoms with E-state index in [1.165, 1.54) is 0 Å². The molecule has 0 aromatic rings. The van der Waals surface area contributed by atoms with Crippen LogP contribution in [-0.4, -0.2) is 17.8 Å². The van der Waals surface area contributed by atoms with Crippen molar-refractivity contribution in [1.82, 2.24) is 5.32 Å². The number of hydrogen-bond donors (Lipinski definition) is 1. The molecular weight excluding hydrogens is 198 g/mol. The number of carbonyl (C=O) groups excluding carboxylic acids is 1. The molecule has 0 saturated carbocycles. The van der Waals surface area contributed by atoms with Gasteiger partial charge in [0.1, 0.15) is 0 Å². The molecule has 0 heterocycles. The maximum Gasteiger partial charge on any atom is 0.223 e. The van der Waals surface area contributed by atoms with Crippen molar-refractivity contribution in [2.45, 2.75) is 46.6 Å². The maximum atomic E-state index is 11.6. The van der Waals surface area contributed by atoms with Crippen LogP contribution in [0.2, 0.25) is 0 Å². The lowest BCUT2D eigenvalue weighted by Gasteiger charge is -2.23. The van der Waals surface area contributed by atoms with Gasteiger partial charge in [-0.1, -0.05) is 27.7 Å². The molecule has 0 radical (unpaired) electrons. The number of hydrogen-bond acceptors (Lipinski definition) is 1. The van der Waals surface area contributed by atoms with E-state index in [2.05, 4.69) is 19.2 Å². The van der Waals surface area contributed by atoms with Gasteiger partial charge in [-0.15, -0.1) is 11.6 Å². The Bertz CT molecular complexity index is 171. The molecular formula is C11H22ClNO. The van der Waals surface area contributed by atoms with Gasteiger partial charge in [-0.05, 0) is 18.8 Å². The number of amides is 1. The number of halogens is 1. The molecule has 0 aliphatic carbocycles.